The van der Waals surface area contributed by atoms with Crippen LogP contribution in [0.5, 0.6) is 0 Å². The van der Waals surface area contributed by atoms with Gasteiger partial charge in [-0.05, 0) is 29.5 Å². The van der Waals surface area contributed by atoms with Crippen LogP contribution < -0.4 is 5.73 Å². The Hall–Kier alpha value is -1.54. The van der Waals surface area contributed by atoms with Gasteiger partial charge in [0.1, 0.15) is 0 Å². The van der Waals surface area contributed by atoms with Crippen molar-refractivity contribution in [3.05, 3.63) is 41.5 Å². The lowest BCUT2D eigenvalue weighted by molar-refractivity contribution is -0.0328. The van der Waals surface area contributed by atoms with Gasteiger partial charge in [0.05, 0.1) is 6.04 Å². The van der Waals surface area contributed by atoms with E-state index >= 15 is 0 Å². The predicted octanol–water partition coefficient (Wildman–Crippen LogP) is 3.04. The molecule has 0 amide bonds. The molecule has 1 aromatic heterocycles. The number of hydrogen-bond acceptors (Lipinski definition) is 5. The van der Waals surface area contributed by atoms with E-state index in [1.807, 2.05) is 0 Å². The quantitative estimate of drug-likeness (QED) is 0.880. The number of aryl methyl sites for hydroxylation is 1. The maximum absolute atomic E-state index is 12.2. The zero-order valence-corrected chi connectivity index (χ0v) is 10.6. The molecule has 0 saturated heterocycles. The van der Waals surface area contributed by atoms with Crippen LogP contribution in [0, 0.1) is 6.92 Å². The van der Waals surface area contributed by atoms with E-state index in [0.717, 1.165) is 0 Å². The van der Waals surface area contributed by atoms with Crippen molar-refractivity contribution in [3.63, 3.8) is 0 Å². The molecule has 19 heavy (non-hydrogen) atoms. The summed E-state index contributed by atoms with van der Waals surface area (Å²) < 4.78 is 41.3. The van der Waals surface area contributed by atoms with Crippen molar-refractivity contribution in [2.24, 2.45) is 5.73 Å². The third-order valence-electron chi connectivity index (χ3n) is 2.29. The lowest BCUT2D eigenvalue weighted by Gasteiger charge is -2.09. The van der Waals surface area contributed by atoms with Gasteiger partial charge in [0.15, 0.2) is 5.82 Å². The SMILES string of the molecule is Cc1nc(C(N)c2ccc(SC(F)(F)F)cc2)no1. The van der Waals surface area contributed by atoms with Crippen LogP contribution in [0.2, 0.25) is 0 Å². The molecule has 0 fully saturated rings. The topological polar surface area (TPSA) is 64.9 Å². The molecule has 0 aliphatic heterocycles. The fourth-order valence-corrected chi connectivity index (χ4v) is 2.01. The molecule has 0 saturated carbocycles. The maximum atomic E-state index is 12.2. The molecule has 0 spiro atoms. The minimum absolute atomic E-state index is 0.104. The summed E-state index contributed by atoms with van der Waals surface area (Å²) in [7, 11) is 0. The fourth-order valence-electron chi connectivity index (χ4n) is 1.47. The fraction of sp³-hybridized carbons (Fsp3) is 0.273. The van der Waals surface area contributed by atoms with Gasteiger partial charge >= 0.3 is 5.51 Å². The zero-order valence-electron chi connectivity index (χ0n) is 9.81. The Balaban J connectivity index is 2.14. The molecule has 1 heterocycles. The second-order valence-corrected chi connectivity index (χ2v) is 4.90. The largest absolute Gasteiger partial charge is 0.446 e. The van der Waals surface area contributed by atoms with E-state index < -0.39 is 11.6 Å². The van der Waals surface area contributed by atoms with Crippen LogP contribution in [-0.2, 0) is 0 Å². The van der Waals surface area contributed by atoms with Crippen molar-refractivity contribution in [2.45, 2.75) is 23.4 Å². The molecule has 0 aliphatic carbocycles. The Morgan fingerprint density at radius 2 is 1.89 bits per heavy atom. The van der Waals surface area contributed by atoms with Gasteiger partial charge in [-0.2, -0.15) is 18.2 Å². The molecule has 2 N–H and O–H groups in total. The summed E-state index contributed by atoms with van der Waals surface area (Å²) in [6.07, 6.45) is 0. The van der Waals surface area contributed by atoms with Gasteiger partial charge in [0.2, 0.25) is 5.89 Å². The summed E-state index contributed by atoms with van der Waals surface area (Å²) in [5.41, 5.74) is 2.21. The monoisotopic (exact) mass is 289 g/mol. The molecule has 8 heteroatoms. The molecular formula is C11H10F3N3OS. The number of halogens is 3. The molecule has 1 atom stereocenters. The highest BCUT2D eigenvalue weighted by Gasteiger charge is 2.29. The van der Waals surface area contributed by atoms with E-state index in [2.05, 4.69) is 10.1 Å². The normalized spacial score (nSPS) is 13.5. The summed E-state index contributed by atoms with van der Waals surface area (Å²) in [5, 5.41) is 3.68. The predicted molar refractivity (Wildman–Crippen MR) is 63.4 cm³/mol. The molecule has 0 aliphatic rings. The minimum Gasteiger partial charge on any atom is -0.340 e. The van der Waals surface area contributed by atoms with Crippen LogP contribution in [0.1, 0.15) is 23.3 Å². The van der Waals surface area contributed by atoms with E-state index in [9.17, 15) is 13.2 Å². The van der Waals surface area contributed by atoms with Crippen LogP contribution in [0.4, 0.5) is 13.2 Å². The number of thioether (sulfide) groups is 1. The van der Waals surface area contributed by atoms with Crippen molar-refractivity contribution in [1.29, 1.82) is 0 Å². The van der Waals surface area contributed by atoms with Crippen LogP contribution in [0.15, 0.2) is 33.7 Å². The van der Waals surface area contributed by atoms with Gasteiger partial charge in [-0.25, -0.2) is 0 Å². The Labute approximate surface area is 111 Å². The third-order valence-corrected chi connectivity index (χ3v) is 3.03. The molecule has 1 aromatic carbocycles. The number of alkyl halides is 3. The molecule has 2 rings (SSSR count). The summed E-state index contributed by atoms with van der Waals surface area (Å²) >= 11 is -0.169. The van der Waals surface area contributed by atoms with Gasteiger partial charge < -0.3 is 10.3 Å². The highest BCUT2D eigenvalue weighted by atomic mass is 32.2. The maximum Gasteiger partial charge on any atom is 0.446 e. The Morgan fingerprint density at radius 1 is 1.26 bits per heavy atom. The third kappa shape index (κ3) is 3.71. The number of rotatable bonds is 3. The van der Waals surface area contributed by atoms with Gasteiger partial charge in [0.25, 0.3) is 0 Å². The number of nitrogens with two attached hydrogens (primary N) is 1. The highest BCUT2D eigenvalue weighted by Crippen LogP contribution is 2.37. The van der Waals surface area contributed by atoms with Crippen molar-refractivity contribution in [1.82, 2.24) is 10.1 Å². The first-order valence-electron chi connectivity index (χ1n) is 5.26. The molecular weight excluding hydrogens is 279 g/mol. The second-order valence-electron chi connectivity index (χ2n) is 3.77. The Morgan fingerprint density at radius 3 is 2.37 bits per heavy atom. The molecule has 4 nitrogen and oxygen atoms in total. The van der Waals surface area contributed by atoms with Crippen molar-refractivity contribution in [3.8, 4) is 0 Å². The van der Waals surface area contributed by atoms with E-state index in [1.165, 1.54) is 24.3 Å². The standard InChI is InChI=1S/C11H10F3N3OS/c1-6-16-10(17-18-6)9(15)7-2-4-8(5-3-7)19-11(12,13)14/h2-5,9H,15H2,1H3. The van der Waals surface area contributed by atoms with E-state index in [0.29, 0.717) is 17.3 Å². The van der Waals surface area contributed by atoms with Gasteiger partial charge in [-0.15, -0.1) is 0 Å². The van der Waals surface area contributed by atoms with Gasteiger partial charge in [-0.3, -0.25) is 0 Å². The molecule has 0 radical (unpaired) electrons. The first kappa shape index (κ1) is 13.9. The molecule has 2 aromatic rings. The molecule has 0 bridgehead atoms. The van der Waals surface area contributed by atoms with Gasteiger partial charge in [-0.1, -0.05) is 17.3 Å². The summed E-state index contributed by atoms with van der Waals surface area (Å²) in [4.78, 5) is 4.09. The van der Waals surface area contributed by atoms with Crippen LogP contribution >= 0.6 is 11.8 Å². The Bertz CT molecular complexity index is 553. The average Bonchev–Trinajstić information content (AvgIpc) is 2.74. The number of aromatic nitrogens is 2. The zero-order chi connectivity index (χ0) is 14.0. The first-order valence-corrected chi connectivity index (χ1v) is 6.08. The van der Waals surface area contributed by atoms with Crippen LogP contribution in [0.25, 0.3) is 0 Å². The summed E-state index contributed by atoms with van der Waals surface area (Å²) in [5.74, 6) is 0.684. The first-order chi connectivity index (χ1) is 8.85. The molecule has 1 unspecified atom stereocenters. The Kier molecular flexibility index (Phi) is 3.81. The van der Waals surface area contributed by atoms with Crippen molar-refractivity contribution in [2.75, 3.05) is 0 Å². The lowest BCUT2D eigenvalue weighted by Crippen LogP contribution is -2.13. The molecule has 102 valence electrons. The van der Waals surface area contributed by atoms with Crippen LogP contribution in [-0.4, -0.2) is 15.6 Å². The summed E-state index contributed by atoms with van der Waals surface area (Å²) in [6, 6.07) is 5.14. The van der Waals surface area contributed by atoms with Crippen molar-refractivity contribution < 1.29 is 17.7 Å². The number of nitrogens with zero attached hydrogens (tertiary/aromatic N) is 2. The van der Waals surface area contributed by atoms with Crippen LogP contribution in [0.3, 0.4) is 0 Å². The van der Waals surface area contributed by atoms with Gasteiger partial charge in [0, 0.05) is 11.8 Å². The average molecular weight is 289 g/mol. The second kappa shape index (κ2) is 5.22. The van der Waals surface area contributed by atoms with E-state index in [4.69, 9.17) is 10.3 Å². The number of hydrogen-bond donors (Lipinski definition) is 1. The highest BCUT2D eigenvalue weighted by molar-refractivity contribution is 8.00. The smallest absolute Gasteiger partial charge is 0.340 e. The minimum atomic E-state index is -4.30. The summed E-state index contributed by atoms with van der Waals surface area (Å²) in [6.45, 7) is 1.63. The van der Waals surface area contributed by atoms with Crippen molar-refractivity contribution >= 4 is 11.8 Å². The number of benzene rings is 1. The lowest BCUT2D eigenvalue weighted by atomic mass is 10.1. The van der Waals surface area contributed by atoms with E-state index in [-0.39, 0.29) is 16.7 Å². The van der Waals surface area contributed by atoms with E-state index in [1.54, 1.807) is 6.92 Å².